The van der Waals surface area contributed by atoms with Gasteiger partial charge in [-0.15, -0.1) is 11.3 Å². The molecule has 2 aromatic rings. The monoisotopic (exact) mass is 336 g/mol. The van der Waals surface area contributed by atoms with Gasteiger partial charge < -0.3 is 4.74 Å². The second-order valence-electron chi connectivity index (χ2n) is 5.57. The molecule has 4 nitrogen and oxygen atoms in total. The third kappa shape index (κ3) is 3.27. The lowest BCUT2D eigenvalue weighted by Crippen LogP contribution is -2.15. The van der Waals surface area contributed by atoms with Crippen molar-refractivity contribution >= 4 is 39.3 Å². The van der Waals surface area contributed by atoms with Gasteiger partial charge in [0.05, 0.1) is 11.9 Å². The number of hydrogen-bond donors (Lipinski definition) is 0. The number of carbonyl (C=O) groups is 1. The molecular formula is C16H20N2O2S2. The van der Waals surface area contributed by atoms with E-state index in [2.05, 4.69) is 9.97 Å². The Kier molecular flexibility index (Phi) is 4.98. The van der Waals surface area contributed by atoms with Gasteiger partial charge in [-0.1, -0.05) is 18.7 Å². The van der Waals surface area contributed by atoms with E-state index in [0.717, 1.165) is 29.1 Å². The predicted octanol–water partition coefficient (Wildman–Crippen LogP) is 4.00. The van der Waals surface area contributed by atoms with Crippen LogP contribution >= 0.6 is 23.1 Å². The molecule has 0 saturated carbocycles. The molecule has 0 saturated heterocycles. The number of esters is 1. The van der Waals surface area contributed by atoms with Crippen molar-refractivity contribution in [1.29, 1.82) is 0 Å². The number of aromatic nitrogens is 2. The summed E-state index contributed by atoms with van der Waals surface area (Å²) in [6.45, 7) is 3.93. The first-order chi connectivity index (χ1) is 10.7. The molecule has 22 heavy (non-hydrogen) atoms. The Morgan fingerprint density at radius 1 is 1.41 bits per heavy atom. The Morgan fingerprint density at radius 3 is 3.05 bits per heavy atom. The number of rotatable bonds is 5. The van der Waals surface area contributed by atoms with E-state index in [1.165, 1.54) is 40.4 Å². The number of fused-ring (bicyclic) bond motifs is 3. The fraction of sp³-hybridized carbons (Fsp3) is 0.562. The average molecular weight is 336 g/mol. The van der Waals surface area contributed by atoms with E-state index in [1.54, 1.807) is 17.7 Å². The van der Waals surface area contributed by atoms with Crippen molar-refractivity contribution < 1.29 is 9.53 Å². The standard InChI is InChI=1S/C16H20N2O2S2/c1-3-10(2)20-13(19)8-21-15-14-11-6-4-5-7-12(11)22-16(14)18-9-17-15/h9-10H,3-8H2,1-2H3/t10-/m1/s1. The maximum absolute atomic E-state index is 11.9. The van der Waals surface area contributed by atoms with Crippen LogP contribution in [0.5, 0.6) is 0 Å². The van der Waals surface area contributed by atoms with Crippen LogP contribution in [0.3, 0.4) is 0 Å². The summed E-state index contributed by atoms with van der Waals surface area (Å²) in [4.78, 5) is 23.2. The summed E-state index contributed by atoms with van der Waals surface area (Å²) in [7, 11) is 0. The first kappa shape index (κ1) is 15.7. The van der Waals surface area contributed by atoms with Gasteiger partial charge in [0.1, 0.15) is 16.2 Å². The predicted molar refractivity (Wildman–Crippen MR) is 90.6 cm³/mol. The van der Waals surface area contributed by atoms with Crippen molar-refractivity contribution in [2.45, 2.75) is 57.1 Å². The lowest BCUT2D eigenvalue weighted by atomic mass is 9.97. The lowest BCUT2D eigenvalue weighted by Gasteiger charge is -2.12. The SMILES string of the molecule is CC[C@@H](C)OC(=O)CSc1ncnc2sc3c(c12)CCCC3. The van der Waals surface area contributed by atoms with Gasteiger partial charge >= 0.3 is 5.97 Å². The Morgan fingerprint density at radius 2 is 2.23 bits per heavy atom. The lowest BCUT2D eigenvalue weighted by molar-refractivity contribution is -0.144. The van der Waals surface area contributed by atoms with E-state index in [4.69, 9.17) is 4.74 Å². The average Bonchev–Trinajstić information content (AvgIpc) is 2.91. The van der Waals surface area contributed by atoms with Crippen molar-refractivity contribution in [2.75, 3.05) is 5.75 Å². The molecule has 0 unspecified atom stereocenters. The highest BCUT2D eigenvalue weighted by molar-refractivity contribution is 8.00. The highest BCUT2D eigenvalue weighted by Gasteiger charge is 2.20. The maximum atomic E-state index is 11.9. The molecule has 6 heteroatoms. The van der Waals surface area contributed by atoms with E-state index in [0.29, 0.717) is 5.75 Å². The first-order valence-corrected chi connectivity index (χ1v) is 9.56. The van der Waals surface area contributed by atoms with Gasteiger partial charge in [0.15, 0.2) is 0 Å². The number of nitrogens with zero attached hydrogens (tertiary/aromatic N) is 2. The minimum absolute atomic E-state index is 0.0209. The van der Waals surface area contributed by atoms with Gasteiger partial charge in [0.2, 0.25) is 0 Å². The first-order valence-electron chi connectivity index (χ1n) is 7.76. The van der Waals surface area contributed by atoms with E-state index in [1.807, 2.05) is 13.8 Å². The number of thiophene rings is 1. The van der Waals surface area contributed by atoms with Gasteiger partial charge in [-0.25, -0.2) is 9.97 Å². The Bertz CT molecular complexity index is 684. The van der Waals surface area contributed by atoms with Crippen molar-refractivity contribution in [3.05, 3.63) is 16.8 Å². The molecular weight excluding hydrogens is 316 g/mol. The fourth-order valence-corrected chi connectivity index (χ4v) is 4.74. The van der Waals surface area contributed by atoms with Crippen molar-refractivity contribution in [2.24, 2.45) is 0 Å². The second kappa shape index (κ2) is 6.96. The van der Waals surface area contributed by atoms with Crippen molar-refractivity contribution in [1.82, 2.24) is 9.97 Å². The molecule has 0 aliphatic heterocycles. The summed E-state index contributed by atoms with van der Waals surface area (Å²) >= 11 is 3.25. The van der Waals surface area contributed by atoms with Crippen molar-refractivity contribution in [3.63, 3.8) is 0 Å². The van der Waals surface area contributed by atoms with Gasteiger partial charge in [0, 0.05) is 10.3 Å². The van der Waals surface area contributed by atoms with Crippen LogP contribution in [-0.4, -0.2) is 27.8 Å². The Hall–Kier alpha value is -1.14. The van der Waals surface area contributed by atoms with Gasteiger partial charge in [-0.2, -0.15) is 0 Å². The van der Waals surface area contributed by atoms with E-state index in [9.17, 15) is 4.79 Å². The van der Waals surface area contributed by atoms with Gasteiger partial charge in [0.25, 0.3) is 0 Å². The molecule has 0 spiro atoms. The zero-order valence-corrected chi connectivity index (χ0v) is 14.6. The van der Waals surface area contributed by atoms with Crippen LogP contribution in [0.1, 0.15) is 43.6 Å². The summed E-state index contributed by atoms with van der Waals surface area (Å²) in [6, 6.07) is 0. The molecule has 2 aromatic heterocycles. The zero-order valence-electron chi connectivity index (χ0n) is 12.9. The minimum Gasteiger partial charge on any atom is -0.462 e. The molecule has 0 radical (unpaired) electrons. The number of thioether (sulfide) groups is 1. The molecule has 1 aliphatic carbocycles. The van der Waals surface area contributed by atoms with Crippen LogP contribution in [-0.2, 0) is 22.4 Å². The molecule has 3 rings (SSSR count). The number of aryl methyl sites for hydroxylation is 2. The summed E-state index contributed by atoms with van der Waals surface area (Å²) in [5.41, 5.74) is 1.41. The van der Waals surface area contributed by atoms with Gasteiger partial charge in [-0.3, -0.25) is 4.79 Å². The zero-order chi connectivity index (χ0) is 15.5. The topological polar surface area (TPSA) is 52.1 Å². The van der Waals surface area contributed by atoms with Crippen LogP contribution in [0, 0.1) is 0 Å². The molecule has 0 bridgehead atoms. The van der Waals surface area contributed by atoms with E-state index in [-0.39, 0.29) is 12.1 Å². The smallest absolute Gasteiger partial charge is 0.316 e. The quantitative estimate of drug-likeness (QED) is 0.469. The molecule has 0 fully saturated rings. The molecule has 0 amide bonds. The van der Waals surface area contributed by atoms with Crippen LogP contribution in [0.25, 0.3) is 10.2 Å². The molecule has 0 N–H and O–H groups in total. The third-order valence-electron chi connectivity index (χ3n) is 3.95. The molecule has 118 valence electrons. The Labute approximate surface area is 138 Å². The summed E-state index contributed by atoms with van der Waals surface area (Å²) in [5.74, 6) is 0.136. The molecule has 1 atom stereocenters. The Balaban J connectivity index is 1.79. The number of ether oxygens (including phenoxy) is 1. The largest absolute Gasteiger partial charge is 0.462 e. The van der Waals surface area contributed by atoms with Crippen LogP contribution in [0.4, 0.5) is 0 Å². The highest BCUT2D eigenvalue weighted by atomic mass is 32.2. The minimum atomic E-state index is -0.171. The van der Waals surface area contributed by atoms with Crippen LogP contribution in [0.2, 0.25) is 0 Å². The third-order valence-corrected chi connectivity index (χ3v) is 6.11. The number of hydrogen-bond acceptors (Lipinski definition) is 6. The van der Waals surface area contributed by atoms with E-state index >= 15 is 0 Å². The van der Waals surface area contributed by atoms with Gasteiger partial charge in [-0.05, 0) is 44.6 Å². The molecule has 1 aliphatic rings. The molecule has 2 heterocycles. The summed E-state index contributed by atoms with van der Waals surface area (Å²) < 4.78 is 5.33. The summed E-state index contributed by atoms with van der Waals surface area (Å²) in [5, 5.41) is 2.09. The highest BCUT2D eigenvalue weighted by Crippen LogP contribution is 2.39. The normalized spacial score (nSPS) is 15.5. The molecule has 0 aromatic carbocycles. The number of carbonyl (C=O) groups excluding carboxylic acids is 1. The van der Waals surface area contributed by atoms with Crippen LogP contribution in [0.15, 0.2) is 11.4 Å². The fourth-order valence-electron chi connectivity index (χ4n) is 2.64. The van der Waals surface area contributed by atoms with Crippen LogP contribution < -0.4 is 0 Å². The maximum Gasteiger partial charge on any atom is 0.316 e. The van der Waals surface area contributed by atoms with Crippen molar-refractivity contribution in [3.8, 4) is 0 Å². The summed E-state index contributed by atoms with van der Waals surface area (Å²) in [6.07, 6.45) is 7.17. The second-order valence-corrected chi connectivity index (χ2v) is 7.61. The van der Waals surface area contributed by atoms with E-state index < -0.39 is 0 Å².